The van der Waals surface area contributed by atoms with E-state index in [1.807, 2.05) is 12.1 Å². The molecule has 0 bridgehead atoms. The molecule has 0 radical (unpaired) electrons. The maximum Gasteiger partial charge on any atom is 0.416 e. The number of halogens is 5. The van der Waals surface area contributed by atoms with Crippen LogP contribution in [0.4, 0.5) is 13.2 Å². The molecule has 0 spiro atoms. The lowest BCUT2D eigenvalue weighted by atomic mass is 10.2. The SMILES string of the molecule is CCn1c(Oc2ccc3cc[nH]c3c2)nnc1[C@@H](C)NS(=O)(=O)c1c(Cl)cc(C(F)(F)F)cc1Cl. The monoisotopic (exact) mass is 547 g/mol. The molecule has 2 aromatic heterocycles. The molecule has 2 heterocycles. The minimum absolute atomic E-state index is 0.130. The van der Waals surface area contributed by atoms with Crippen LogP contribution in [-0.2, 0) is 22.7 Å². The molecule has 0 fully saturated rings. The van der Waals surface area contributed by atoms with Gasteiger partial charge in [0.05, 0.1) is 21.7 Å². The van der Waals surface area contributed by atoms with Crippen LogP contribution >= 0.6 is 23.2 Å². The predicted octanol–water partition coefficient (Wildman–Crippen LogP) is 5.94. The number of sulfonamides is 1. The van der Waals surface area contributed by atoms with Crippen LogP contribution < -0.4 is 9.46 Å². The molecule has 1 atom stereocenters. The van der Waals surface area contributed by atoms with E-state index in [2.05, 4.69) is 19.9 Å². The highest BCUT2D eigenvalue weighted by Crippen LogP contribution is 2.38. The Balaban J connectivity index is 1.60. The fourth-order valence-electron chi connectivity index (χ4n) is 3.51. The summed E-state index contributed by atoms with van der Waals surface area (Å²) in [6.07, 6.45) is -2.94. The molecule has 0 aliphatic rings. The first-order chi connectivity index (χ1) is 16.4. The van der Waals surface area contributed by atoms with Crippen LogP contribution in [0, 0.1) is 0 Å². The lowest BCUT2D eigenvalue weighted by molar-refractivity contribution is -0.137. The molecule has 186 valence electrons. The molecule has 0 aliphatic heterocycles. The average molecular weight is 548 g/mol. The largest absolute Gasteiger partial charge is 0.424 e. The van der Waals surface area contributed by atoms with Crippen molar-refractivity contribution < 1.29 is 26.3 Å². The topological polar surface area (TPSA) is 102 Å². The van der Waals surface area contributed by atoms with Crippen molar-refractivity contribution in [1.29, 1.82) is 0 Å². The zero-order valence-electron chi connectivity index (χ0n) is 18.2. The fraction of sp³-hybridized carbons (Fsp3) is 0.238. The number of nitrogens with zero attached hydrogens (tertiary/aromatic N) is 3. The first kappa shape index (κ1) is 25.3. The number of rotatable bonds is 7. The van der Waals surface area contributed by atoms with E-state index in [1.54, 1.807) is 29.8 Å². The summed E-state index contributed by atoms with van der Waals surface area (Å²) >= 11 is 11.8. The molecule has 0 unspecified atom stereocenters. The van der Waals surface area contributed by atoms with Crippen molar-refractivity contribution in [2.75, 3.05) is 0 Å². The second kappa shape index (κ2) is 9.34. The maximum absolute atomic E-state index is 13.0. The standard InChI is InChI=1S/C21H18Cl2F3N5O3S/c1-3-31-19(28-29-20(31)34-14-5-4-12-6-7-27-17(12)10-14)11(2)30-35(32,33)18-15(22)8-13(9-16(18)23)21(24,25)26/h4-11,27,30H,3H2,1-2H3/t11-/m1/s1. The number of aromatic nitrogens is 4. The van der Waals surface area contributed by atoms with Gasteiger partial charge in [-0.25, -0.2) is 13.1 Å². The highest BCUT2D eigenvalue weighted by Gasteiger charge is 2.34. The smallest absolute Gasteiger partial charge is 0.416 e. The Kier molecular flexibility index (Phi) is 6.75. The zero-order valence-corrected chi connectivity index (χ0v) is 20.5. The van der Waals surface area contributed by atoms with Crippen LogP contribution in [0.25, 0.3) is 10.9 Å². The van der Waals surface area contributed by atoms with Crippen LogP contribution in [0.3, 0.4) is 0 Å². The second-order valence-corrected chi connectivity index (χ2v) is 9.99. The number of alkyl halides is 3. The third-order valence-electron chi connectivity index (χ3n) is 5.11. The summed E-state index contributed by atoms with van der Waals surface area (Å²) in [6, 6.07) is 7.51. The predicted molar refractivity (Wildman–Crippen MR) is 124 cm³/mol. The molecule has 2 aromatic carbocycles. The van der Waals surface area contributed by atoms with Gasteiger partial charge in [0.2, 0.25) is 10.0 Å². The molecule has 14 heteroatoms. The molecular formula is C21H18Cl2F3N5O3S. The summed E-state index contributed by atoms with van der Waals surface area (Å²) in [6.45, 7) is 3.63. The van der Waals surface area contributed by atoms with Crippen molar-refractivity contribution >= 4 is 44.1 Å². The summed E-state index contributed by atoms with van der Waals surface area (Å²) < 4.78 is 74.7. The van der Waals surface area contributed by atoms with Crippen LogP contribution in [0.1, 0.15) is 31.3 Å². The van der Waals surface area contributed by atoms with E-state index >= 15 is 0 Å². The summed E-state index contributed by atoms with van der Waals surface area (Å²) in [5, 5.41) is 7.73. The van der Waals surface area contributed by atoms with E-state index in [9.17, 15) is 21.6 Å². The van der Waals surface area contributed by atoms with Gasteiger partial charge in [-0.05, 0) is 49.6 Å². The first-order valence-corrected chi connectivity index (χ1v) is 12.4. The average Bonchev–Trinajstić information content (AvgIpc) is 3.38. The van der Waals surface area contributed by atoms with Crippen molar-refractivity contribution in [2.45, 2.75) is 37.5 Å². The minimum Gasteiger partial charge on any atom is -0.424 e. The van der Waals surface area contributed by atoms with Crippen molar-refractivity contribution in [3.8, 4) is 11.8 Å². The van der Waals surface area contributed by atoms with Crippen LogP contribution in [0.15, 0.2) is 47.5 Å². The summed E-state index contributed by atoms with van der Waals surface area (Å²) in [7, 11) is -4.43. The molecule has 0 amide bonds. The highest BCUT2D eigenvalue weighted by molar-refractivity contribution is 7.89. The lowest BCUT2D eigenvalue weighted by Gasteiger charge is -2.17. The Labute approximate surface area is 208 Å². The number of benzene rings is 2. The number of nitrogens with one attached hydrogen (secondary N) is 2. The second-order valence-electron chi connectivity index (χ2n) is 7.52. The van der Waals surface area contributed by atoms with E-state index in [0.717, 1.165) is 10.9 Å². The Bertz CT molecular complexity index is 1480. The molecule has 4 rings (SSSR count). The van der Waals surface area contributed by atoms with Crippen LogP contribution in [0.5, 0.6) is 11.8 Å². The number of H-pyrrole nitrogens is 1. The number of hydrogen-bond donors (Lipinski definition) is 2. The van der Waals surface area contributed by atoms with Crippen molar-refractivity contribution in [3.05, 3.63) is 64.0 Å². The minimum atomic E-state index is -4.74. The number of ether oxygens (including phenoxy) is 1. The molecule has 35 heavy (non-hydrogen) atoms. The Morgan fingerprint density at radius 2 is 1.83 bits per heavy atom. The molecular weight excluding hydrogens is 530 g/mol. The van der Waals surface area contributed by atoms with Gasteiger partial charge in [-0.15, -0.1) is 5.10 Å². The Hall–Kier alpha value is -2.80. The number of hydrogen-bond acceptors (Lipinski definition) is 5. The molecule has 4 aromatic rings. The van der Waals surface area contributed by atoms with Crippen molar-refractivity contribution in [1.82, 2.24) is 24.5 Å². The van der Waals surface area contributed by atoms with Gasteiger partial charge in [-0.1, -0.05) is 28.3 Å². The van der Waals surface area contributed by atoms with Gasteiger partial charge in [0.25, 0.3) is 0 Å². The summed E-state index contributed by atoms with van der Waals surface area (Å²) in [4.78, 5) is 2.41. The van der Waals surface area contributed by atoms with Crippen molar-refractivity contribution in [3.63, 3.8) is 0 Å². The van der Waals surface area contributed by atoms with E-state index in [1.165, 1.54) is 6.92 Å². The fourth-order valence-corrected chi connectivity index (χ4v) is 5.93. The van der Waals surface area contributed by atoms with Gasteiger partial charge >= 0.3 is 12.2 Å². The van der Waals surface area contributed by atoms with E-state index in [4.69, 9.17) is 27.9 Å². The van der Waals surface area contributed by atoms with Crippen LogP contribution in [0.2, 0.25) is 10.0 Å². The van der Waals surface area contributed by atoms with Gasteiger partial charge in [0, 0.05) is 24.3 Å². The van der Waals surface area contributed by atoms with Gasteiger partial charge in [-0.2, -0.15) is 13.2 Å². The van der Waals surface area contributed by atoms with Crippen molar-refractivity contribution in [2.24, 2.45) is 0 Å². The Morgan fingerprint density at radius 1 is 1.14 bits per heavy atom. The highest BCUT2D eigenvalue weighted by atomic mass is 35.5. The first-order valence-electron chi connectivity index (χ1n) is 10.2. The van der Waals surface area contributed by atoms with Gasteiger partial charge < -0.3 is 9.72 Å². The zero-order chi connectivity index (χ0) is 25.5. The van der Waals surface area contributed by atoms with Gasteiger partial charge in [-0.3, -0.25) is 4.57 Å². The number of aromatic amines is 1. The van der Waals surface area contributed by atoms with E-state index in [-0.39, 0.29) is 11.8 Å². The number of fused-ring (bicyclic) bond motifs is 1. The summed E-state index contributed by atoms with van der Waals surface area (Å²) in [5.74, 6) is 0.705. The van der Waals surface area contributed by atoms with E-state index in [0.29, 0.717) is 24.4 Å². The third-order valence-corrected chi connectivity index (χ3v) is 7.57. The normalized spacial score (nSPS) is 13.3. The Morgan fingerprint density at radius 3 is 2.46 bits per heavy atom. The van der Waals surface area contributed by atoms with E-state index < -0.39 is 42.7 Å². The molecule has 0 saturated carbocycles. The molecule has 8 nitrogen and oxygen atoms in total. The van der Waals surface area contributed by atoms with Gasteiger partial charge in [0.1, 0.15) is 10.6 Å². The quantitative estimate of drug-likeness (QED) is 0.298. The lowest BCUT2D eigenvalue weighted by Crippen LogP contribution is -2.29. The summed E-state index contributed by atoms with van der Waals surface area (Å²) in [5.41, 5.74) is -0.304. The van der Waals surface area contributed by atoms with Crippen LogP contribution in [-0.4, -0.2) is 28.2 Å². The van der Waals surface area contributed by atoms with Gasteiger partial charge in [0.15, 0.2) is 5.82 Å². The molecule has 0 aliphatic carbocycles. The molecule has 2 N–H and O–H groups in total. The molecule has 0 saturated heterocycles. The maximum atomic E-state index is 13.0. The third kappa shape index (κ3) is 5.10.